The van der Waals surface area contributed by atoms with Crippen LogP contribution in [0.25, 0.3) is 0 Å². The maximum Gasteiger partial charge on any atom is 0.248 e. The molecule has 0 fully saturated rings. The van der Waals surface area contributed by atoms with Gasteiger partial charge in [-0.15, -0.1) is 11.3 Å². The molecule has 2 aromatic rings. The highest BCUT2D eigenvalue weighted by atomic mass is 32.1. The number of amides is 2. The molecule has 0 aliphatic carbocycles. The fraction of sp³-hybridized carbons (Fsp3) is 0.435. The molecule has 0 bridgehead atoms. The number of aryl methyl sites for hydroxylation is 1. The molecule has 1 N–H and O–H groups in total. The van der Waals surface area contributed by atoms with E-state index in [2.05, 4.69) is 11.4 Å². The Morgan fingerprint density at radius 3 is 2.88 bits per heavy atom. The summed E-state index contributed by atoms with van der Waals surface area (Å²) in [5, 5.41) is 13.1. The van der Waals surface area contributed by atoms with Crippen LogP contribution >= 0.6 is 11.3 Å². The molecule has 2 heterocycles. The van der Waals surface area contributed by atoms with Gasteiger partial charge in [-0.3, -0.25) is 9.59 Å². The van der Waals surface area contributed by atoms with Gasteiger partial charge in [0.1, 0.15) is 23.4 Å². The summed E-state index contributed by atoms with van der Waals surface area (Å²) < 4.78 is 15.5. The first-order valence-corrected chi connectivity index (χ1v) is 11.2. The minimum atomic E-state index is -0.151. The van der Waals surface area contributed by atoms with Crippen molar-refractivity contribution in [3.05, 3.63) is 45.8 Å². The summed E-state index contributed by atoms with van der Waals surface area (Å²) in [5.41, 5.74) is 2.43. The van der Waals surface area contributed by atoms with Crippen molar-refractivity contribution < 1.29 is 23.8 Å². The van der Waals surface area contributed by atoms with E-state index in [-0.39, 0.29) is 18.4 Å². The molecule has 1 aromatic carbocycles. The van der Waals surface area contributed by atoms with Gasteiger partial charge in [-0.05, 0) is 36.1 Å². The SMILES string of the molecule is COCCOCC(=O)N1CCc2c(sc(NC(=O)CCc3cccc(OC)c3)c2C#N)C1. The second-order valence-electron chi connectivity index (χ2n) is 7.33. The second kappa shape index (κ2) is 11.6. The van der Waals surface area contributed by atoms with Crippen LogP contribution in [0.5, 0.6) is 5.75 Å². The second-order valence-corrected chi connectivity index (χ2v) is 8.44. The average molecular weight is 458 g/mol. The molecule has 9 heteroatoms. The summed E-state index contributed by atoms with van der Waals surface area (Å²) in [7, 11) is 3.19. The minimum Gasteiger partial charge on any atom is -0.497 e. The van der Waals surface area contributed by atoms with Crippen molar-refractivity contribution in [2.75, 3.05) is 45.9 Å². The van der Waals surface area contributed by atoms with Gasteiger partial charge in [-0.25, -0.2) is 0 Å². The Balaban J connectivity index is 1.59. The van der Waals surface area contributed by atoms with Gasteiger partial charge in [0, 0.05) is 25.0 Å². The molecule has 0 saturated carbocycles. The highest BCUT2D eigenvalue weighted by Gasteiger charge is 2.27. The van der Waals surface area contributed by atoms with Crippen molar-refractivity contribution in [3.8, 4) is 11.8 Å². The molecule has 0 radical (unpaired) electrons. The van der Waals surface area contributed by atoms with E-state index in [1.54, 1.807) is 19.1 Å². The van der Waals surface area contributed by atoms with Gasteiger partial charge in [0.2, 0.25) is 11.8 Å². The molecule has 32 heavy (non-hydrogen) atoms. The number of thiophene rings is 1. The van der Waals surface area contributed by atoms with Crippen molar-refractivity contribution in [1.82, 2.24) is 4.90 Å². The first-order valence-electron chi connectivity index (χ1n) is 10.4. The topological polar surface area (TPSA) is 101 Å². The molecule has 3 rings (SSSR count). The van der Waals surface area contributed by atoms with E-state index in [0.29, 0.717) is 56.1 Å². The molecule has 1 aliphatic heterocycles. The fourth-order valence-corrected chi connectivity index (χ4v) is 4.72. The molecule has 8 nitrogen and oxygen atoms in total. The van der Waals surface area contributed by atoms with Gasteiger partial charge in [-0.2, -0.15) is 5.26 Å². The van der Waals surface area contributed by atoms with Gasteiger partial charge >= 0.3 is 0 Å². The van der Waals surface area contributed by atoms with E-state index in [4.69, 9.17) is 14.2 Å². The zero-order valence-electron chi connectivity index (χ0n) is 18.3. The number of ether oxygens (including phenoxy) is 3. The first-order chi connectivity index (χ1) is 15.5. The normalized spacial score (nSPS) is 12.7. The number of hydrogen-bond acceptors (Lipinski definition) is 7. The van der Waals surface area contributed by atoms with Gasteiger partial charge in [0.25, 0.3) is 0 Å². The number of methoxy groups -OCH3 is 2. The quantitative estimate of drug-likeness (QED) is 0.551. The third kappa shape index (κ3) is 6.07. The van der Waals surface area contributed by atoms with Crippen LogP contribution in [-0.4, -0.2) is 57.3 Å². The van der Waals surface area contributed by atoms with Gasteiger partial charge in [-0.1, -0.05) is 12.1 Å². The van der Waals surface area contributed by atoms with Crippen LogP contribution in [0.1, 0.15) is 28.0 Å². The molecule has 0 atom stereocenters. The van der Waals surface area contributed by atoms with Crippen molar-refractivity contribution in [2.45, 2.75) is 25.8 Å². The largest absolute Gasteiger partial charge is 0.497 e. The number of nitrogens with zero attached hydrogens (tertiary/aromatic N) is 2. The lowest BCUT2D eigenvalue weighted by atomic mass is 10.0. The van der Waals surface area contributed by atoms with Crippen LogP contribution in [0.2, 0.25) is 0 Å². The van der Waals surface area contributed by atoms with E-state index >= 15 is 0 Å². The van der Waals surface area contributed by atoms with Crippen LogP contribution in [0.4, 0.5) is 5.00 Å². The minimum absolute atomic E-state index is 0.00302. The van der Waals surface area contributed by atoms with Crippen LogP contribution in [0, 0.1) is 11.3 Å². The molecule has 170 valence electrons. The van der Waals surface area contributed by atoms with Crippen LogP contribution < -0.4 is 10.1 Å². The van der Waals surface area contributed by atoms with E-state index < -0.39 is 0 Å². The number of benzene rings is 1. The monoisotopic (exact) mass is 457 g/mol. The summed E-state index contributed by atoms with van der Waals surface area (Å²) in [6.07, 6.45) is 1.45. The van der Waals surface area contributed by atoms with Gasteiger partial charge in [0.05, 0.1) is 32.4 Å². The molecule has 1 aromatic heterocycles. The lowest BCUT2D eigenvalue weighted by Gasteiger charge is -2.26. The lowest BCUT2D eigenvalue weighted by Crippen LogP contribution is -2.38. The molecular weight excluding hydrogens is 430 g/mol. The summed E-state index contributed by atoms with van der Waals surface area (Å²) in [4.78, 5) is 27.6. The van der Waals surface area contributed by atoms with Crippen LogP contribution in [0.3, 0.4) is 0 Å². The van der Waals surface area contributed by atoms with Crippen molar-refractivity contribution in [1.29, 1.82) is 5.26 Å². The highest BCUT2D eigenvalue weighted by Crippen LogP contribution is 2.36. The van der Waals surface area contributed by atoms with Gasteiger partial charge < -0.3 is 24.4 Å². The standard InChI is InChI=1S/C23H27N3O5S/c1-29-10-11-31-15-22(28)26-9-8-18-19(13-24)23(32-20(18)14-26)25-21(27)7-6-16-4-3-5-17(12-16)30-2/h3-5,12H,6-11,14-15H2,1-2H3,(H,25,27). The smallest absolute Gasteiger partial charge is 0.248 e. The number of anilines is 1. The molecule has 0 saturated heterocycles. The van der Waals surface area contributed by atoms with Crippen molar-refractivity contribution in [3.63, 3.8) is 0 Å². The summed E-state index contributed by atoms with van der Waals surface area (Å²) >= 11 is 1.37. The molecule has 1 aliphatic rings. The Morgan fingerprint density at radius 2 is 2.12 bits per heavy atom. The van der Waals surface area contributed by atoms with Crippen molar-refractivity contribution in [2.24, 2.45) is 0 Å². The number of carbonyl (C=O) groups is 2. The lowest BCUT2D eigenvalue weighted by molar-refractivity contribution is -0.137. The van der Waals surface area contributed by atoms with E-state index in [9.17, 15) is 14.9 Å². The number of rotatable bonds is 10. The zero-order chi connectivity index (χ0) is 22.9. The van der Waals surface area contributed by atoms with E-state index in [1.807, 2.05) is 24.3 Å². The maximum atomic E-state index is 12.5. The number of carbonyl (C=O) groups excluding carboxylic acids is 2. The van der Waals surface area contributed by atoms with Crippen LogP contribution in [-0.2, 0) is 38.4 Å². The molecule has 0 spiro atoms. The predicted octanol–water partition coefficient (Wildman–Crippen LogP) is 2.75. The Hall–Kier alpha value is -2.93. The third-order valence-corrected chi connectivity index (χ3v) is 6.34. The Labute approximate surface area is 191 Å². The Kier molecular flexibility index (Phi) is 8.62. The molecule has 2 amide bonds. The zero-order valence-corrected chi connectivity index (χ0v) is 19.1. The first kappa shape index (κ1) is 23.7. The fourth-order valence-electron chi connectivity index (χ4n) is 3.49. The average Bonchev–Trinajstić information content (AvgIpc) is 3.16. The molecule has 0 unspecified atom stereocenters. The number of fused-ring (bicyclic) bond motifs is 1. The number of nitriles is 1. The third-order valence-electron chi connectivity index (χ3n) is 5.21. The molecular formula is C23H27N3O5S. The number of hydrogen-bond donors (Lipinski definition) is 1. The summed E-state index contributed by atoms with van der Waals surface area (Å²) in [6.45, 7) is 1.75. The Bertz CT molecular complexity index is 998. The van der Waals surface area contributed by atoms with E-state index in [1.165, 1.54) is 11.3 Å². The van der Waals surface area contributed by atoms with E-state index in [0.717, 1.165) is 21.8 Å². The Morgan fingerprint density at radius 1 is 1.28 bits per heavy atom. The van der Waals surface area contributed by atoms with Crippen molar-refractivity contribution >= 4 is 28.2 Å². The predicted molar refractivity (Wildman–Crippen MR) is 121 cm³/mol. The highest BCUT2D eigenvalue weighted by molar-refractivity contribution is 7.16. The maximum absolute atomic E-state index is 12.5. The summed E-state index contributed by atoms with van der Waals surface area (Å²) in [6, 6.07) is 9.83. The summed E-state index contributed by atoms with van der Waals surface area (Å²) in [5.74, 6) is 0.508. The van der Waals surface area contributed by atoms with Crippen LogP contribution in [0.15, 0.2) is 24.3 Å². The van der Waals surface area contributed by atoms with Gasteiger partial charge in [0.15, 0.2) is 0 Å². The number of nitrogens with one attached hydrogen (secondary N) is 1.